The first-order valence-corrected chi connectivity index (χ1v) is 10.4. The second-order valence-electron chi connectivity index (χ2n) is 7.33. The van der Waals surface area contributed by atoms with Gasteiger partial charge in [-0.15, -0.1) is 11.3 Å². The molecule has 0 saturated carbocycles. The number of benzene rings is 1. The molecule has 28 heavy (non-hydrogen) atoms. The number of aryl methyl sites for hydroxylation is 2. The molecule has 3 aromatic rings. The summed E-state index contributed by atoms with van der Waals surface area (Å²) in [4.78, 5) is 28.7. The van der Waals surface area contributed by atoms with Gasteiger partial charge in [0.05, 0.1) is 18.0 Å². The van der Waals surface area contributed by atoms with Gasteiger partial charge < -0.3 is 14.1 Å². The number of thiophene rings is 1. The van der Waals surface area contributed by atoms with Crippen LogP contribution in [0.1, 0.15) is 39.4 Å². The van der Waals surface area contributed by atoms with Crippen LogP contribution >= 0.6 is 11.3 Å². The van der Waals surface area contributed by atoms with Crippen LogP contribution in [-0.4, -0.2) is 30.1 Å². The highest BCUT2D eigenvalue weighted by Crippen LogP contribution is 2.22. The Morgan fingerprint density at radius 2 is 2.14 bits per heavy atom. The minimum Gasteiger partial charge on any atom is -0.451 e. The van der Waals surface area contributed by atoms with E-state index in [2.05, 4.69) is 0 Å². The first-order chi connectivity index (χ1) is 13.5. The molecule has 1 amide bonds. The first kappa shape index (κ1) is 18.9. The molecule has 3 heterocycles. The van der Waals surface area contributed by atoms with E-state index in [0.717, 1.165) is 35.5 Å². The van der Waals surface area contributed by atoms with Crippen molar-refractivity contribution < 1.29 is 13.9 Å². The maximum atomic E-state index is 13.3. The Balaban J connectivity index is 1.69. The summed E-state index contributed by atoms with van der Waals surface area (Å²) in [6, 6.07) is 9.05. The van der Waals surface area contributed by atoms with E-state index in [1.165, 1.54) is 6.07 Å². The van der Waals surface area contributed by atoms with Gasteiger partial charge in [-0.3, -0.25) is 9.59 Å². The lowest BCUT2D eigenvalue weighted by molar-refractivity contribution is 0.0486. The molecule has 1 saturated heterocycles. The van der Waals surface area contributed by atoms with Crippen molar-refractivity contribution in [1.82, 2.24) is 4.90 Å². The highest BCUT2D eigenvalue weighted by Gasteiger charge is 2.26. The van der Waals surface area contributed by atoms with Crippen LogP contribution in [0, 0.1) is 13.8 Å². The molecule has 1 atom stereocenters. The Bertz CT molecular complexity index is 1050. The van der Waals surface area contributed by atoms with Crippen LogP contribution in [0.5, 0.6) is 0 Å². The van der Waals surface area contributed by atoms with Crippen LogP contribution < -0.4 is 5.43 Å². The third kappa shape index (κ3) is 3.88. The summed E-state index contributed by atoms with van der Waals surface area (Å²) < 4.78 is 11.6. The van der Waals surface area contributed by atoms with Crippen LogP contribution in [-0.2, 0) is 11.3 Å². The molecule has 0 spiro atoms. The normalized spacial score (nSPS) is 16.6. The summed E-state index contributed by atoms with van der Waals surface area (Å²) >= 11 is 1.60. The zero-order valence-corrected chi connectivity index (χ0v) is 16.9. The van der Waals surface area contributed by atoms with Crippen molar-refractivity contribution in [2.45, 2.75) is 39.3 Å². The number of ether oxygens (including phenoxy) is 1. The van der Waals surface area contributed by atoms with Gasteiger partial charge in [0.2, 0.25) is 0 Å². The van der Waals surface area contributed by atoms with Crippen LogP contribution in [0.15, 0.2) is 44.9 Å². The molecule has 1 unspecified atom stereocenters. The summed E-state index contributed by atoms with van der Waals surface area (Å²) in [5.74, 6) is -0.195. The van der Waals surface area contributed by atoms with Gasteiger partial charge in [0.25, 0.3) is 5.91 Å². The van der Waals surface area contributed by atoms with Crippen molar-refractivity contribution in [1.29, 1.82) is 0 Å². The number of fused-ring (bicyclic) bond motifs is 1. The Hall–Kier alpha value is -2.44. The summed E-state index contributed by atoms with van der Waals surface area (Å²) in [5, 5.41) is 2.53. The van der Waals surface area contributed by atoms with E-state index in [1.54, 1.807) is 16.2 Å². The van der Waals surface area contributed by atoms with Gasteiger partial charge in [-0.2, -0.15) is 0 Å². The molecule has 0 aliphatic carbocycles. The summed E-state index contributed by atoms with van der Waals surface area (Å²) in [7, 11) is 0. The molecule has 0 bridgehead atoms. The van der Waals surface area contributed by atoms with Crippen molar-refractivity contribution in [3.63, 3.8) is 0 Å². The number of hydrogen-bond donors (Lipinski definition) is 0. The van der Waals surface area contributed by atoms with Crippen LogP contribution in [0.3, 0.4) is 0 Å². The second-order valence-corrected chi connectivity index (χ2v) is 8.36. The zero-order chi connectivity index (χ0) is 19.7. The van der Waals surface area contributed by atoms with Gasteiger partial charge in [0.15, 0.2) is 11.2 Å². The molecule has 4 rings (SSSR count). The average molecular weight is 397 g/mol. The third-order valence-electron chi connectivity index (χ3n) is 5.04. The van der Waals surface area contributed by atoms with E-state index < -0.39 is 0 Å². The highest BCUT2D eigenvalue weighted by atomic mass is 32.1. The van der Waals surface area contributed by atoms with E-state index in [0.29, 0.717) is 24.1 Å². The minimum absolute atomic E-state index is 0.0283. The lowest BCUT2D eigenvalue weighted by Gasteiger charge is -2.24. The first-order valence-electron chi connectivity index (χ1n) is 9.49. The summed E-state index contributed by atoms with van der Waals surface area (Å²) in [6.07, 6.45) is 1.98. The van der Waals surface area contributed by atoms with Gasteiger partial charge in [0.1, 0.15) is 5.58 Å². The SMILES string of the molecule is Cc1cc(C)c2c(=O)cc(C(=O)N(Cc3cccs3)CC3CCCO3)oc2c1. The average Bonchev–Trinajstić information content (AvgIpc) is 3.33. The molecule has 6 heteroatoms. The zero-order valence-electron chi connectivity index (χ0n) is 16.1. The molecule has 0 radical (unpaired) electrons. The number of carbonyl (C=O) groups is 1. The molecule has 1 fully saturated rings. The third-order valence-corrected chi connectivity index (χ3v) is 5.91. The van der Waals surface area contributed by atoms with E-state index in [9.17, 15) is 9.59 Å². The van der Waals surface area contributed by atoms with E-state index in [-0.39, 0.29) is 23.2 Å². The fraction of sp³-hybridized carbons (Fsp3) is 0.364. The van der Waals surface area contributed by atoms with Gasteiger partial charge in [-0.25, -0.2) is 0 Å². The van der Waals surface area contributed by atoms with E-state index in [4.69, 9.17) is 9.15 Å². The molecule has 5 nitrogen and oxygen atoms in total. The smallest absolute Gasteiger partial charge is 0.290 e. The monoisotopic (exact) mass is 397 g/mol. The Labute approximate surface area is 167 Å². The fourth-order valence-corrected chi connectivity index (χ4v) is 4.49. The quantitative estimate of drug-likeness (QED) is 0.644. The van der Waals surface area contributed by atoms with E-state index in [1.807, 2.05) is 43.5 Å². The predicted octanol–water partition coefficient (Wildman–Crippen LogP) is 4.29. The number of hydrogen-bond acceptors (Lipinski definition) is 5. The van der Waals surface area contributed by atoms with Crippen LogP contribution in [0.2, 0.25) is 0 Å². The Morgan fingerprint density at radius 1 is 1.29 bits per heavy atom. The summed E-state index contributed by atoms with van der Waals surface area (Å²) in [5.41, 5.74) is 2.13. The number of carbonyl (C=O) groups excluding carboxylic acids is 1. The molecule has 0 N–H and O–H groups in total. The lowest BCUT2D eigenvalue weighted by atomic mass is 10.1. The predicted molar refractivity (Wildman–Crippen MR) is 110 cm³/mol. The second kappa shape index (κ2) is 7.89. The lowest BCUT2D eigenvalue weighted by Crippen LogP contribution is -2.37. The Morgan fingerprint density at radius 3 is 2.86 bits per heavy atom. The van der Waals surface area contributed by atoms with Crippen molar-refractivity contribution >= 4 is 28.2 Å². The van der Waals surface area contributed by atoms with Crippen LogP contribution in [0.4, 0.5) is 0 Å². The van der Waals surface area contributed by atoms with Gasteiger partial charge in [0, 0.05) is 24.1 Å². The minimum atomic E-state index is -0.276. The van der Waals surface area contributed by atoms with Crippen LogP contribution in [0.25, 0.3) is 11.0 Å². The standard InChI is InChI=1S/C22H23NO4S/c1-14-9-15(2)21-18(24)11-20(27-19(21)10-14)22(25)23(12-16-5-3-7-26-16)13-17-6-4-8-28-17/h4,6,8-11,16H,3,5,7,12-13H2,1-2H3. The molecule has 2 aromatic heterocycles. The maximum absolute atomic E-state index is 13.3. The van der Waals surface area contributed by atoms with Crippen molar-refractivity contribution in [3.8, 4) is 0 Å². The molecule has 146 valence electrons. The topological polar surface area (TPSA) is 59.8 Å². The van der Waals surface area contributed by atoms with Crippen molar-refractivity contribution in [2.75, 3.05) is 13.2 Å². The maximum Gasteiger partial charge on any atom is 0.290 e. The number of nitrogens with zero attached hydrogens (tertiary/aromatic N) is 1. The van der Waals surface area contributed by atoms with E-state index >= 15 is 0 Å². The van der Waals surface area contributed by atoms with Gasteiger partial charge in [-0.05, 0) is 55.3 Å². The van der Waals surface area contributed by atoms with Crippen molar-refractivity contribution in [3.05, 3.63) is 67.7 Å². The number of amides is 1. The molecule has 1 aliphatic heterocycles. The number of rotatable bonds is 5. The van der Waals surface area contributed by atoms with Crippen molar-refractivity contribution in [2.24, 2.45) is 0 Å². The van der Waals surface area contributed by atoms with Gasteiger partial charge in [-0.1, -0.05) is 12.1 Å². The molecule has 1 aliphatic rings. The fourth-order valence-electron chi connectivity index (χ4n) is 3.77. The Kier molecular flexibility index (Phi) is 5.33. The van der Waals surface area contributed by atoms with Gasteiger partial charge >= 0.3 is 0 Å². The highest BCUT2D eigenvalue weighted by molar-refractivity contribution is 7.09. The molecular formula is C22H23NO4S. The molecular weight excluding hydrogens is 374 g/mol. The largest absolute Gasteiger partial charge is 0.451 e. The molecule has 1 aromatic carbocycles. The summed E-state index contributed by atoms with van der Waals surface area (Å²) in [6.45, 7) is 5.53.